The molecule has 3 aromatic rings. The third-order valence-corrected chi connectivity index (χ3v) is 6.36. The maximum Gasteiger partial charge on any atom is 0.254 e. The van der Waals surface area contributed by atoms with Gasteiger partial charge in [0.15, 0.2) is 0 Å². The average molecular weight is 521 g/mol. The van der Waals surface area contributed by atoms with Gasteiger partial charge in [-0.25, -0.2) is 8.78 Å². The number of piperazine rings is 1. The Labute approximate surface area is 220 Å². The van der Waals surface area contributed by atoms with Crippen molar-refractivity contribution >= 4 is 29.1 Å². The smallest absolute Gasteiger partial charge is 0.254 e. The van der Waals surface area contributed by atoms with E-state index in [4.69, 9.17) is 0 Å². The van der Waals surface area contributed by atoms with Gasteiger partial charge in [0.05, 0.1) is 0 Å². The van der Waals surface area contributed by atoms with E-state index in [0.717, 1.165) is 5.69 Å². The van der Waals surface area contributed by atoms with Gasteiger partial charge >= 0.3 is 0 Å². The van der Waals surface area contributed by atoms with E-state index in [-0.39, 0.29) is 24.3 Å². The van der Waals surface area contributed by atoms with Gasteiger partial charge in [-0.2, -0.15) is 0 Å². The van der Waals surface area contributed by atoms with Gasteiger partial charge in [0, 0.05) is 55.2 Å². The van der Waals surface area contributed by atoms with Crippen molar-refractivity contribution in [2.45, 2.75) is 13.3 Å². The molecular weight excluding hydrogens is 490 g/mol. The van der Waals surface area contributed by atoms with E-state index in [1.165, 1.54) is 47.4 Å². The maximum absolute atomic E-state index is 13.5. The first-order chi connectivity index (χ1) is 18.3. The zero-order valence-electron chi connectivity index (χ0n) is 21.2. The van der Waals surface area contributed by atoms with Gasteiger partial charge in [0.2, 0.25) is 5.91 Å². The second-order valence-electron chi connectivity index (χ2n) is 9.12. The Morgan fingerprint density at radius 1 is 0.842 bits per heavy atom. The Morgan fingerprint density at radius 2 is 1.53 bits per heavy atom. The molecule has 0 saturated carbocycles. The van der Waals surface area contributed by atoms with Crippen molar-refractivity contribution in [1.82, 2.24) is 9.80 Å². The Bertz CT molecular complexity index is 1270. The number of amides is 3. The van der Waals surface area contributed by atoms with E-state index in [1.807, 2.05) is 19.1 Å². The minimum absolute atomic E-state index is 0.118. The van der Waals surface area contributed by atoms with Crippen molar-refractivity contribution in [3.8, 4) is 0 Å². The Hall–Kier alpha value is -4.27. The maximum atomic E-state index is 13.5. The first-order valence-corrected chi connectivity index (χ1v) is 12.6. The molecule has 1 aliphatic rings. The number of anilines is 2. The molecule has 0 spiro atoms. The lowest BCUT2D eigenvalue weighted by molar-refractivity contribution is -0.116. The number of carbonyl (C=O) groups excluding carboxylic acids is 3. The van der Waals surface area contributed by atoms with Gasteiger partial charge in [-0.15, -0.1) is 0 Å². The number of halogens is 2. The molecule has 198 valence electrons. The number of hydrogen-bond acceptors (Lipinski definition) is 4. The van der Waals surface area contributed by atoms with Crippen molar-refractivity contribution in [3.05, 3.63) is 95.6 Å². The van der Waals surface area contributed by atoms with Crippen LogP contribution >= 0.6 is 0 Å². The zero-order valence-corrected chi connectivity index (χ0v) is 21.2. The second-order valence-corrected chi connectivity index (χ2v) is 9.12. The van der Waals surface area contributed by atoms with Crippen LogP contribution in [0, 0.1) is 11.6 Å². The summed E-state index contributed by atoms with van der Waals surface area (Å²) in [5.41, 5.74) is 2.23. The summed E-state index contributed by atoms with van der Waals surface area (Å²) < 4.78 is 26.7. The molecule has 1 aliphatic heterocycles. The fraction of sp³-hybridized carbons (Fsp3) is 0.276. The normalized spacial score (nSPS) is 13.2. The molecule has 1 N–H and O–H groups in total. The predicted molar refractivity (Wildman–Crippen MR) is 142 cm³/mol. The van der Waals surface area contributed by atoms with Crippen molar-refractivity contribution < 1.29 is 23.2 Å². The molecule has 7 nitrogen and oxygen atoms in total. The summed E-state index contributed by atoms with van der Waals surface area (Å²) in [6, 6.07) is 18.4. The lowest BCUT2D eigenvalue weighted by Gasteiger charge is -2.36. The van der Waals surface area contributed by atoms with E-state index < -0.39 is 11.6 Å². The molecule has 1 saturated heterocycles. The summed E-state index contributed by atoms with van der Waals surface area (Å²) in [7, 11) is 0. The summed E-state index contributed by atoms with van der Waals surface area (Å²) in [5.74, 6) is -1.70. The molecule has 3 aromatic carbocycles. The monoisotopic (exact) mass is 520 g/mol. The standard InChI is InChI=1S/C29H30F2N4O3/c1-2-14-35(28(37)21-6-8-23(30)9-7-21)20-27(36)32-25-10-12-26(13-11-25)33-15-17-34(18-16-33)29(38)22-4-3-5-24(31)19-22/h3-13,19H,2,14-18,20H2,1H3,(H,32,36). The van der Waals surface area contributed by atoms with Crippen LogP contribution in [0.2, 0.25) is 0 Å². The highest BCUT2D eigenvalue weighted by molar-refractivity contribution is 5.99. The molecule has 0 radical (unpaired) electrons. The molecule has 9 heteroatoms. The predicted octanol–water partition coefficient (Wildman–Crippen LogP) is 4.42. The fourth-order valence-corrected chi connectivity index (χ4v) is 4.40. The second kappa shape index (κ2) is 12.3. The Balaban J connectivity index is 1.30. The number of nitrogens with zero attached hydrogens (tertiary/aromatic N) is 3. The molecule has 4 rings (SSSR count). The van der Waals surface area contributed by atoms with E-state index in [1.54, 1.807) is 23.1 Å². The number of carbonyl (C=O) groups is 3. The minimum Gasteiger partial charge on any atom is -0.368 e. The number of hydrogen-bond donors (Lipinski definition) is 1. The number of nitrogens with one attached hydrogen (secondary N) is 1. The van der Waals surface area contributed by atoms with Crippen LogP contribution in [0.3, 0.4) is 0 Å². The molecule has 3 amide bonds. The molecule has 0 unspecified atom stereocenters. The minimum atomic E-state index is -0.431. The molecule has 1 fully saturated rings. The molecule has 0 aromatic heterocycles. The molecule has 0 aliphatic carbocycles. The van der Waals surface area contributed by atoms with Crippen LogP contribution in [0.4, 0.5) is 20.2 Å². The van der Waals surface area contributed by atoms with E-state index in [0.29, 0.717) is 56.0 Å². The van der Waals surface area contributed by atoms with Crippen LogP contribution in [0.25, 0.3) is 0 Å². The highest BCUT2D eigenvalue weighted by atomic mass is 19.1. The van der Waals surface area contributed by atoms with Crippen LogP contribution in [0.5, 0.6) is 0 Å². The van der Waals surface area contributed by atoms with Crippen LogP contribution in [0.15, 0.2) is 72.8 Å². The van der Waals surface area contributed by atoms with Crippen LogP contribution in [0.1, 0.15) is 34.1 Å². The first kappa shape index (κ1) is 26.8. The number of benzene rings is 3. The van der Waals surface area contributed by atoms with Gasteiger partial charge in [0.1, 0.15) is 18.2 Å². The van der Waals surface area contributed by atoms with E-state index in [2.05, 4.69) is 10.2 Å². The highest BCUT2D eigenvalue weighted by Crippen LogP contribution is 2.21. The van der Waals surface area contributed by atoms with Gasteiger partial charge in [-0.3, -0.25) is 14.4 Å². The molecule has 1 heterocycles. The van der Waals surface area contributed by atoms with Gasteiger partial charge in [-0.1, -0.05) is 13.0 Å². The summed E-state index contributed by atoms with van der Waals surface area (Å²) >= 11 is 0. The Morgan fingerprint density at radius 3 is 2.16 bits per heavy atom. The SMILES string of the molecule is CCCN(CC(=O)Nc1ccc(N2CCN(C(=O)c3cccc(F)c3)CC2)cc1)C(=O)c1ccc(F)cc1. The van der Waals surface area contributed by atoms with Gasteiger partial charge in [0.25, 0.3) is 11.8 Å². The highest BCUT2D eigenvalue weighted by Gasteiger charge is 2.23. The molecule has 38 heavy (non-hydrogen) atoms. The van der Waals surface area contributed by atoms with E-state index in [9.17, 15) is 23.2 Å². The lowest BCUT2D eigenvalue weighted by atomic mass is 10.1. The molecule has 0 bridgehead atoms. The van der Waals surface area contributed by atoms with Crippen molar-refractivity contribution in [1.29, 1.82) is 0 Å². The number of rotatable bonds is 8. The van der Waals surface area contributed by atoms with Gasteiger partial charge in [-0.05, 0) is 73.2 Å². The fourth-order valence-electron chi connectivity index (χ4n) is 4.40. The summed E-state index contributed by atoms with van der Waals surface area (Å²) in [4.78, 5) is 43.4. The largest absolute Gasteiger partial charge is 0.368 e. The van der Waals surface area contributed by atoms with Crippen LogP contribution in [-0.4, -0.2) is 66.8 Å². The van der Waals surface area contributed by atoms with Crippen molar-refractivity contribution in [2.75, 3.05) is 49.5 Å². The first-order valence-electron chi connectivity index (χ1n) is 12.6. The van der Waals surface area contributed by atoms with Crippen LogP contribution < -0.4 is 10.2 Å². The van der Waals surface area contributed by atoms with E-state index >= 15 is 0 Å². The summed E-state index contributed by atoms with van der Waals surface area (Å²) in [6.45, 7) is 4.49. The summed E-state index contributed by atoms with van der Waals surface area (Å²) in [5, 5.41) is 2.83. The average Bonchev–Trinajstić information content (AvgIpc) is 2.93. The molecule has 0 atom stereocenters. The summed E-state index contributed by atoms with van der Waals surface area (Å²) in [6.07, 6.45) is 0.677. The quantitative estimate of drug-likeness (QED) is 0.478. The van der Waals surface area contributed by atoms with Crippen molar-refractivity contribution in [3.63, 3.8) is 0 Å². The third kappa shape index (κ3) is 6.73. The lowest BCUT2D eigenvalue weighted by Crippen LogP contribution is -2.48. The Kier molecular flexibility index (Phi) is 8.68. The van der Waals surface area contributed by atoms with Gasteiger partial charge < -0.3 is 20.0 Å². The topological polar surface area (TPSA) is 73.0 Å². The third-order valence-electron chi connectivity index (χ3n) is 6.36. The van der Waals surface area contributed by atoms with Crippen LogP contribution in [-0.2, 0) is 4.79 Å². The molecular formula is C29H30F2N4O3. The van der Waals surface area contributed by atoms with Crippen molar-refractivity contribution in [2.24, 2.45) is 0 Å². The zero-order chi connectivity index (χ0) is 27.1.